The molecular formula is C19H34FN3O2. The van der Waals surface area contributed by atoms with Gasteiger partial charge in [0, 0.05) is 44.9 Å². The van der Waals surface area contributed by atoms with E-state index in [0.717, 1.165) is 52.0 Å². The fraction of sp³-hybridized carbons (Fsp3) is 0.947. The number of nitrogens with zero attached hydrogens (tertiary/aromatic N) is 2. The highest BCUT2D eigenvalue weighted by Gasteiger charge is 2.33. The van der Waals surface area contributed by atoms with E-state index in [1.54, 1.807) is 0 Å². The Kier molecular flexibility index (Phi) is 6.93. The van der Waals surface area contributed by atoms with Gasteiger partial charge in [-0.2, -0.15) is 0 Å². The minimum Gasteiger partial charge on any atom is -0.377 e. The van der Waals surface area contributed by atoms with Gasteiger partial charge in [-0.15, -0.1) is 0 Å². The predicted octanol–water partition coefficient (Wildman–Crippen LogP) is 2.94. The van der Waals surface area contributed by atoms with Crippen LogP contribution in [-0.2, 0) is 4.74 Å². The van der Waals surface area contributed by atoms with E-state index in [4.69, 9.17) is 4.74 Å². The Morgan fingerprint density at radius 2 is 1.84 bits per heavy atom. The second-order valence-corrected chi connectivity index (χ2v) is 7.78. The number of urea groups is 1. The maximum absolute atomic E-state index is 13.5. The zero-order valence-corrected chi connectivity index (χ0v) is 15.6. The van der Waals surface area contributed by atoms with Gasteiger partial charge in [0.2, 0.25) is 0 Å². The van der Waals surface area contributed by atoms with E-state index in [9.17, 15) is 9.18 Å². The van der Waals surface area contributed by atoms with Crippen LogP contribution in [0.1, 0.15) is 58.3 Å². The molecule has 0 aromatic heterocycles. The molecule has 2 saturated carbocycles. The van der Waals surface area contributed by atoms with Gasteiger partial charge in [0.25, 0.3) is 0 Å². The minimum atomic E-state index is -0.752. The number of hydrogen-bond acceptors (Lipinski definition) is 3. The molecule has 3 rings (SSSR count). The van der Waals surface area contributed by atoms with Crippen molar-refractivity contribution in [2.45, 2.75) is 82.6 Å². The molecule has 6 heteroatoms. The minimum absolute atomic E-state index is 0.00922. The predicted molar refractivity (Wildman–Crippen MR) is 96.5 cm³/mol. The highest BCUT2D eigenvalue weighted by molar-refractivity contribution is 5.74. The third-order valence-corrected chi connectivity index (χ3v) is 6.06. The number of ether oxygens (including phenoxy) is 1. The van der Waals surface area contributed by atoms with Crippen LogP contribution >= 0.6 is 0 Å². The van der Waals surface area contributed by atoms with Crippen molar-refractivity contribution in [2.75, 3.05) is 32.8 Å². The lowest BCUT2D eigenvalue weighted by Gasteiger charge is -2.44. The van der Waals surface area contributed by atoms with Crippen molar-refractivity contribution in [2.24, 2.45) is 0 Å². The summed E-state index contributed by atoms with van der Waals surface area (Å²) in [5, 5.41) is 3.05. The Morgan fingerprint density at radius 1 is 1.08 bits per heavy atom. The topological polar surface area (TPSA) is 44.8 Å². The first-order valence-corrected chi connectivity index (χ1v) is 10.2. The number of alkyl halides is 1. The lowest BCUT2D eigenvalue weighted by Crippen LogP contribution is -2.58. The summed E-state index contributed by atoms with van der Waals surface area (Å²) in [4.78, 5) is 16.9. The standard InChI is InChI=1S/C19H34FN3O2/c1-2-25-18-9-4-3-8-17(18)22-10-12-23(13-11-22)19(24)21-16-7-5-6-15(20)14-16/h15-18H,2-14H2,1H3,(H,21,24). The van der Waals surface area contributed by atoms with Crippen LogP contribution in [0.4, 0.5) is 9.18 Å². The van der Waals surface area contributed by atoms with E-state index in [-0.39, 0.29) is 12.1 Å². The van der Waals surface area contributed by atoms with E-state index < -0.39 is 6.17 Å². The SMILES string of the molecule is CCOC1CCCCC1N1CCN(C(=O)NC2CCCC(F)C2)CC1. The van der Waals surface area contributed by atoms with Crippen molar-refractivity contribution in [3.8, 4) is 0 Å². The summed E-state index contributed by atoms with van der Waals surface area (Å²) in [6, 6.07) is 0.503. The molecule has 1 N–H and O–H groups in total. The second kappa shape index (κ2) is 9.17. The largest absolute Gasteiger partial charge is 0.377 e. The van der Waals surface area contributed by atoms with Crippen LogP contribution in [0.3, 0.4) is 0 Å². The van der Waals surface area contributed by atoms with E-state index in [1.165, 1.54) is 19.3 Å². The number of nitrogens with one attached hydrogen (secondary N) is 1. The monoisotopic (exact) mass is 355 g/mol. The molecule has 1 heterocycles. The summed E-state index contributed by atoms with van der Waals surface area (Å²) in [5.41, 5.74) is 0. The third kappa shape index (κ3) is 5.07. The van der Waals surface area contributed by atoms with Gasteiger partial charge >= 0.3 is 6.03 Å². The van der Waals surface area contributed by atoms with Crippen LogP contribution in [0.2, 0.25) is 0 Å². The molecule has 1 aliphatic heterocycles. The van der Waals surface area contributed by atoms with Gasteiger partial charge < -0.3 is 15.0 Å². The molecule has 2 aliphatic carbocycles. The molecule has 0 radical (unpaired) electrons. The van der Waals surface area contributed by atoms with Gasteiger partial charge in [-0.05, 0) is 45.4 Å². The van der Waals surface area contributed by atoms with Crippen molar-refractivity contribution >= 4 is 6.03 Å². The average Bonchev–Trinajstić information content (AvgIpc) is 2.63. The molecule has 0 bridgehead atoms. The highest BCUT2D eigenvalue weighted by atomic mass is 19.1. The number of amides is 2. The van der Waals surface area contributed by atoms with Gasteiger partial charge in [0.1, 0.15) is 6.17 Å². The molecule has 0 aromatic rings. The van der Waals surface area contributed by atoms with Crippen LogP contribution in [-0.4, -0.2) is 73.0 Å². The van der Waals surface area contributed by atoms with Crippen LogP contribution in [0.15, 0.2) is 0 Å². The lowest BCUT2D eigenvalue weighted by atomic mass is 9.90. The van der Waals surface area contributed by atoms with Crippen molar-refractivity contribution in [3.63, 3.8) is 0 Å². The number of halogens is 1. The Hall–Kier alpha value is -0.880. The summed E-state index contributed by atoms with van der Waals surface area (Å²) < 4.78 is 19.5. The number of carbonyl (C=O) groups excluding carboxylic acids is 1. The third-order valence-electron chi connectivity index (χ3n) is 6.06. The molecule has 0 spiro atoms. The van der Waals surface area contributed by atoms with Crippen LogP contribution < -0.4 is 5.32 Å². The molecule has 0 aromatic carbocycles. The van der Waals surface area contributed by atoms with Crippen molar-refractivity contribution < 1.29 is 13.9 Å². The summed E-state index contributed by atoms with van der Waals surface area (Å²) in [6.07, 6.45) is 7.41. The fourth-order valence-electron chi connectivity index (χ4n) is 4.69. The molecule has 2 amide bonds. The Morgan fingerprint density at radius 3 is 2.56 bits per heavy atom. The molecular weight excluding hydrogens is 321 g/mol. The second-order valence-electron chi connectivity index (χ2n) is 7.78. The summed E-state index contributed by atoms with van der Waals surface area (Å²) >= 11 is 0. The van der Waals surface area contributed by atoms with Crippen molar-refractivity contribution in [1.82, 2.24) is 15.1 Å². The zero-order valence-electron chi connectivity index (χ0n) is 15.6. The molecule has 4 atom stereocenters. The van der Waals surface area contributed by atoms with Crippen molar-refractivity contribution in [1.29, 1.82) is 0 Å². The van der Waals surface area contributed by atoms with Crippen molar-refractivity contribution in [3.05, 3.63) is 0 Å². The molecule has 25 heavy (non-hydrogen) atoms. The van der Waals surface area contributed by atoms with Gasteiger partial charge in [-0.25, -0.2) is 9.18 Å². The maximum atomic E-state index is 13.5. The Labute approximate surface area is 151 Å². The number of carbonyl (C=O) groups is 1. The first kappa shape index (κ1) is 18.9. The molecule has 3 fully saturated rings. The molecule has 144 valence electrons. The zero-order chi connectivity index (χ0) is 17.6. The van der Waals surface area contributed by atoms with Gasteiger partial charge in [0.15, 0.2) is 0 Å². The number of hydrogen-bond donors (Lipinski definition) is 1. The lowest BCUT2D eigenvalue weighted by molar-refractivity contribution is -0.0409. The Balaban J connectivity index is 1.45. The summed E-state index contributed by atoms with van der Waals surface area (Å²) in [5.74, 6) is 0. The van der Waals surface area contributed by atoms with E-state index in [1.807, 2.05) is 4.90 Å². The van der Waals surface area contributed by atoms with E-state index >= 15 is 0 Å². The Bertz CT molecular complexity index is 427. The van der Waals surface area contributed by atoms with Crippen LogP contribution in [0, 0.1) is 0 Å². The molecule has 4 unspecified atom stereocenters. The van der Waals surface area contributed by atoms with E-state index in [0.29, 0.717) is 25.0 Å². The maximum Gasteiger partial charge on any atom is 0.317 e. The summed E-state index contributed by atoms with van der Waals surface area (Å²) in [6.45, 7) is 6.19. The fourth-order valence-corrected chi connectivity index (χ4v) is 4.69. The van der Waals surface area contributed by atoms with Crippen LogP contribution in [0.25, 0.3) is 0 Å². The molecule has 1 saturated heterocycles. The molecule has 5 nitrogen and oxygen atoms in total. The van der Waals surface area contributed by atoms with Gasteiger partial charge in [0.05, 0.1) is 6.10 Å². The van der Waals surface area contributed by atoms with E-state index in [2.05, 4.69) is 17.1 Å². The highest BCUT2D eigenvalue weighted by Crippen LogP contribution is 2.27. The summed E-state index contributed by atoms with van der Waals surface area (Å²) in [7, 11) is 0. The van der Waals surface area contributed by atoms with Crippen LogP contribution in [0.5, 0.6) is 0 Å². The smallest absolute Gasteiger partial charge is 0.317 e. The number of rotatable bonds is 4. The van der Waals surface area contributed by atoms with Gasteiger partial charge in [-0.3, -0.25) is 4.90 Å². The quantitative estimate of drug-likeness (QED) is 0.843. The normalized spacial score (nSPS) is 34.7. The first-order chi connectivity index (χ1) is 12.2. The van der Waals surface area contributed by atoms with Gasteiger partial charge in [-0.1, -0.05) is 12.8 Å². The first-order valence-electron chi connectivity index (χ1n) is 10.2. The number of piperazine rings is 1. The molecule has 3 aliphatic rings. The average molecular weight is 355 g/mol.